The molecule has 0 spiro atoms. The van der Waals surface area contributed by atoms with Crippen molar-refractivity contribution >= 4 is 34.6 Å². The van der Waals surface area contributed by atoms with Crippen molar-refractivity contribution < 1.29 is 13.9 Å². The summed E-state index contributed by atoms with van der Waals surface area (Å²) in [5.74, 6) is -0.406. The van der Waals surface area contributed by atoms with Gasteiger partial charge in [-0.3, -0.25) is 9.78 Å². The molecule has 0 aliphatic carbocycles. The van der Waals surface area contributed by atoms with E-state index in [4.69, 9.17) is 16.3 Å². The Morgan fingerprint density at radius 1 is 1.15 bits per heavy atom. The molecule has 3 aromatic rings. The molecule has 0 aliphatic heterocycles. The summed E-state index contributed by atoms with van der Waals surface area (Å²) in [5.41, 5.74) is 2.54. The molecule has 3 rings (SSSR count). The van der Waals surface area contributed by atoms with Crippen LogP contribution in [0.25, 0.3) is 0 Å². The number of nitrogens with zero attached hydrogens (tertiary/aromatic N) is 1. The molecule has 0 radical (unpaired) electrons. The maximum atomic E-state index is 13.7. The molecule has 7 heteroatoms. The quantitative estimate of drug-likeness (QED) is 0.634. The second kappa shape index (κ2) is 8.05. The highest BCUT2D eigenvalue weighted by Gasteiger charge is 2.12. The van der Waals surface area contributed by atoms with Crippen LogP contribution in [0.1, 0.15) is 15.9 Å². The van der Waals surface area contributed by atoms with Gasteiger partial charge in [0.25, 0.3) is 5.91 Å². The monoisotopic (exact) mass is 385 g/mol. The molecule has 0 atom stereocenters. The SMILES string of the molecule is COc1cc(Cl)c(C)cc1Nc1cncc(C(=O)Nc2ccccc2F)c1. The van der Waals surface area contributed by atoms with Crippen LogP contribution in [-0.2, 0) is 0 Å². The molecule has 0 bridgehead atoms. The zero-order chi connectivity index (χ0) is 19.4. The average Bonchev–Trinajstić information content (AvgIpc) is 2.66. The Labute approximate surface area is 161 Å². The number of anilines is 3. The van der Waals surface area contributed by atoms with E-state index in [2.05, 4.69) is 15.6 Å². The number of pyridine rings is 1. The number of carbonyl (C=O) groups excluding carboxylic acids is 1. The molecule has 2 aromatic carbocycles. The van der Waals surface area contributed by atoms with Crippen molar-refractivity contribution in [3.05, 3.63) is 76.8 Å². The summed E-state index contributed by atoms with van der Waals surface area (Å²) < 4.78 is 19.1. The topological polar surface area (TPSA) is 63.2 Å². The Bertz CT molecular complexity index is 995. The molecule has 2 N–H and O–H groups in total. The van der Waals surface area contributed by atoms with Crippen LogP contribution in [-0.4, -0.2) is 18.0 Å². The standard InChI is InChI=1S/C20H17ClFN3O2/c1-12-7-18(19(27-2)9-15(12)21)24-14-8-13(10-23-11-14)20(26)25-17-6-4-3-5-16(17)22/h3-11,24H,1-2H3,(H,25,26). The van der Waals surface area contributed by atoms with Crippen LogP contribution < -0.4 is 15.4 Å². The van der Waals surface area contributed by atoms with Crippen molar-refractivity contribution in [1.82, 2.24) is 4.98 Å². The average molecular weight is 386 g/mol. The summed E-state index contributed by atoms with van der Waals surface area (Å²) in [6, 6.07) is 11.1. The third kappa shape index (κ3) is 4.35. The van der Waals surface area contributed by atoms with E-state index in [9.17, 15) is 9.18 Å². The van der Waals surface area contributed by atoms with Gasteiger partial charge >= 0.3 is 0 Å². The molecular formula is C20H17ClFN3O2. The number of ether oxygens (including phenoxy) is 1. The lowest BCUT2D eigenvalue weighted by molar-refractivity contribution is 0.102. The number of hydrogen-bond acceptors (Lipinski definition) is 4. The fourth-order valence-corrected chi connectivity index (χ4v) is 2.63. The highest BCUT2D eigenvalue weighted by atomic mass is 35.5. The number of rotatable bonds is 5. The zero-order valence-electron chi connectivity index (χ0n) is 14.7. The minimum atomic E-state index is -0.505. The van der Waals surface area contributed by atoms with Gasteiger partial charge in [0.05, 0.1) is 35.9 Å². The van der Waals surface area contributed by atoms with Crippen molar-refractivity contribution in [2.75, 3.05) is 17.7 Å². The minimum absolute atomic E-state index is 0.107. The van der Waals surface area contributed by atoms with Gasteiger partial charge in [0, 0.05) is 17.3 Å². The Morgan fingerprint density at radius 3 is 2.67 bits per heavy atom. The van der Waals surface area contributed by atoms with Crippen LogP contribution in [0.3, 0.4) is 0 Å². The number of hydrogen-bond donors (Lipinski definition) is 2. The van der Waals surface area contributed by atoms with Crippen LogP contribution in [0.5, 0.6) is 5.75 Å². The molecular weight excluding hydrogens is 369 g/mol. The number of methoxy groups -OCH3 is 1. The van der Waals surface area contributed by atoms with Crippen LogP contribution in [0.4, 0.5) is 21.5 Å². The lowest BCUT2D eigenvalue weighted by Crippen LogP contribution is -2.13. The lowest BCUT2D eigenvalue weighted by Gasteiger charge is -2.13. The molecule has 27 heavy (non-hydrogen) atoms. The van der Waals surface area contributed by atoms with Gasteiger partial charge in [0.2, 0.25) is 0 Å². The first kappa shape index (κ1) is 18.7. The fourth-order valence-electron chi connectivity index (χ4n) is 2.47. The molecule has 1 aromatic heterocycles. The van der Waals surface area contributed by atoms with E-state index in [1.54, 1.807) is 37.6 Å². The van der Waals surface area contributed by atoms with Crippen LogP contribution in [0, 0.1) is 12.7 Å². The highest BCUT2D eigenvalue weighted by molar-refractivity contribution is 6.31. The smallest absolute Gasteiger partial charge is 0.257 e. The summed E-state index contributed by atoms with van der Waals surface area (Å²) in [7, 11) is 1.54. The van der Waals surface area contributed by atoms with E-state index >= 15 is 0 Å². The third-order valence-corrected chi connectivity index (χ3v) is 4.29. The molecule has 1 amide bonds. The molecule has 0 saturated carbocycles. The van der Waals surface area contributed by atoms with Gasteiger partial charge in [-0.15, -0.1) is 0 Å². The first-order valence-corrected chi connectivity index (χ1v) is 8.48. The maximum Gasteiger partial charge on any atom is 0.257 e. The predicted molar refractivity (Wildman–Crippen MR) is 105 cm³/mol. The molecule has 0 aliphatic rings. The van der Waals surface area contributed by atoms with Crippen LogP contribution in [0.2, 0.25) is 5.02 Å². The Morgan fingerprint density at radius 2 is 1.93 bits per heavy atom. The summed E-state index contributed by atoms with van der Waals surface area (Å²) in [4.78, 5) is 16.5. The van der Waals surface area contributed by atoms with E-state index in [1.165, 1.54) is 18.3 Å². The molecule has 0 fully saturated rings. The van der Waals surface area contributed by atoms with E-state index in [-0.39, 0.29) is 11.3 Å². The van der Waals surface area contributed by atoms with Gasteiger partial charge in [-0.25, -0.2) is 4.39 Å². The fraction of sp³-hybridized carbons (Fsp3) is 0.100. The molecule has 0 saturated heterocycles. The first-order chi connectivity index (χ1) is 13.0. The first-order valence-electron chi connectivity index (χ1n) is 8.10. The molecule has 0 unspecified atom stereocenters. The molecule has 1 heterocycles. The van der Waals surface area contributed by atoms with Crippen LogP contribution >= 0.6 is 11.6 Å². The van der Waals surface area contributed by atoms with Gasteiger partial charge in [-0.2, -0.15) is 0 Å². The highest BCUT2D eigenvalue weighted by Crippen LogP contribution is 2.33. The largest absolute Gasteiger partial charge is 0.495 e. The van der Waals surface area contributed by atoms with E-state index in [0.29, 0.717) is 22.1 Å². The summed E-state index contributed by atoms with van der Waals surface area (Å²) in [5, 5.41) is 6.29. The van der Waals surface area contributed by atoms with Crippen molar-refractivity contribution in [1.29, 1.82) is 0 Å². The number of carbonyl (C=O) groups is 1. The second-order valence-electron chi connectivity index (χ2n) is 5.82. The summed E-state index contributed by atoms with van der Waals surface area (Å²) in [6.07, 6.45) is 2.98. The predicted octanol–water partition coefficient (Wildman–Crippen LogP) is 5.19. The van der Waals surface area contributed by atoms with E-state index < -0.39 is 11.7 Å². The number of nitrogens with one attached hydrogen (secondary N) is 2. The third-order valence-electron chi connectivity index (χ3n) is 3.88. The summed E-state index contributed by atoms with van der Waals surface area (Å²) in [6.45, 7) is 1.88. The lowest BCUT2D eigenvalue weighted by atomic mass is 10.2. The maximum absolute atomic E-state index is 13.7. The number of halogens is 2. The van der Waals surface area contributed by atoms with Crippen molar-refractivity contribution in [2.45, 2.75) is 6.92 Å². The zero-order valence-corrected chi connectivity index (χ0v) is 15.5. The summed E-state index contributed by atoms with van der Waals surface area (Å²) >= 11 is 6.12. The van der Waals surface area contributed by atoms with E-state index in [1.807, 2.05) is 13.0 Å². The van der Waals surface area contributed by atoms with Gasteiger partial charge in [-0.05, 0) is 36.8 Å². The Hall–Kier alpha value is -3.12. The van der Waals surface area contributed by atoms with Crippen LogP contribution in [0.15, 0.2) is 54.9 Å². The Balaban J connectivity index is 1.83. The van der Waals surface area contributed by atoms with Gasteiger partial charge in [0.1, 0.15) is 11.6 Å². The van der Waals surface area contributed by atoms with Gasteiger partial charge in [-0.1, -0.05) is 23.7 Å². The van der Waals surface area contributed by atoms with E-state index in [0.717, 1.165) is 5.56 Å². The van der Waals surface area contributed by atoms with Gasteiger partial charge < -0.3 is 15.4 Å². The molecule has 5 nitrogen and oxygen atoms in total. The number of amides is 1. The van der Waals surface area contributed by atoms with Crippen molar-refractivity contribution in [2.24, 2.45) is 0 Å². The Kier molecular flexibility index (Phi) is 5.57. The van der Waals surface area contributed by atoms with Crippen molar-refractivity contribution in [3.63, 3.8) is 0 Å². The molecule has 138 valence electrons. The number of benzene rings is 2. The normalized spacial score (nSPS) is 10.4. The number of para-hydroxylation sites is 1. The second-order valence-corrected chi connectivity index (χ2v) is 6.23. The number of aryl methyl sites for hydroxylation is 1. The minimum Gasteiger partial charge on any atom is -0.495 e. The number of aromatic nitrogens is 1. The van der Waals surface area contributed by atoms with Gasteiger partial charge in [0.15, 0.2) is 0 Å². The van der Waals surface area contributed by atoms with Crippen molar-refractivity contribution in [3.8, 4) is 5.75 Å².